The summed E-state index contributed by atoms with van der Waals surface area (Å²) in [5.74, 6) is 0.793. The monoisotopic (exact) mass is 176 g/mol. The van der Waals surface area contributed by atoms with Crippen molar-refractivity contribution in [3.05, 3.63) is 30.1 Å². The molecule has 0 aromatic carbocycles. The fraction of sp³-hybridized carbons (Fsp3) is 0.545. The average molecular weight is 176 g/mol. The predicted molar refractivity (Wildman–Crippen MR) is 53.6 cm³/mol. The van der Waals surface area contributed by atoms with Crippen LogP contribution in [0.2, 0.25) is 0 Å². The van der Waals surface area contributed by atoms with E-state index in [-0.39, 0.29) is 0 Å². The van der Waals surface area contributed by atoms with Crippen LogP contribution < -0.4 is 5.32 Å². The van der Waals surface area contributed by atoms with Gasteiger partial charge in [-0.15, -0.1) is 0 Å². The number of aromatic nitrogens is 1. The van der Waals surface area contributed by atoms with E-state index in [1.54, 1.807) is 0 Å². The number of nitrogens with zero attached hydrogens (tertiary/aromatic N) is 1. The summed E-state index contributed by atoms with van der Waals surface area (Å²) in [6.07, 6.45) is 5.12. The van der Waals surface area contributed by atoms with E-state index in [4.69, 9.17) is 0 Å². The van der Waals surface area contributed by atoms with Crippen LogP contribution in [-0.2, 0) is 5.41 Å². The molecule has 13 heavy (non-hydrogen) atoms. The van der Waals surface area contributed by atoms with Crippen LogP contribution in [0.25, 0.3) is 0 Å². The Hall–Kier alpha value is -0.890. The molecule has 0 spiro atoms. The molecule has 1 fully saturated rings. The van der Waals surface area contributed by atoms with Crippen molar-refractivity contribution in [1.82, 2.24) is 10.3 Å². The molecule has 2 nitrogen and oxygen atoms in total. The summed E-state index contributed by atoms with van der Waals surface area (Å²) < 4.78 is 0. The molecular weight excluding hydrogens is 160 g/mol. The second-order valence-corrected chi connectivity index (χ2v) is 4.12. The molecule has 1 saturated carbocycles. The molecule has 2 rings (SSSR count). The van der Waals surface area contributed by atoms with E-state index in [9.17, 15) is 0 Å². The van der Waals surface area contributed by atoms with Crippen LogP contribution in [-0.4, -0.2) is 18.6 Å². The quantitative estimate of drug-likeness (QED) is 0.756. The van der Waals surface area contributed by atoms with Crippen LogP contribution >= 0.6 is 0 Å². The first-order chi connectivity index (χ1) is 6.27. The van der Waals surface area contributed by atoms with Crippen molar-refractivity contribution in [2.45, 2.75) is 18.8 Å². The maximum atomic E-state index is 4.17. The smallest absolute Gasteiger partial charge is 0.0305 e. The summed E-state index contributed by atoms with van der Waals surface area (Å²) >= 11 is 0. The van der Waals surface area contributed by atoms with Gasteiger partial charge in [-0.25, -0.2) is 0 Å². The van der Waals surface area contributed by atoms with Crippen molar-refractivity contribution < 1.29 is 0 Å². The molecule has 1 aromatic heterocycles. The Morgan fingerprint density at radius 1 is 1.69 bits per heavy atom. The highest BCUT2D eigenvalue weighted by Crippen LogP contribution is 2.53. The van der Waals surface area contributed by atoms with Gasteiger partial charge in [0.05, 0.1) is 0 Å². The topological polar surface area (TPSA) is 24.9 Å². The van der Waals surface area contributed by atoms with Gasteiger partial charge in [0.1, 0.15) is 0 Å². The van der Waals surface area contributed by atoms with Crippen LogP contribution in [0.3, 0.4) is 0 Å². The van der Waals surface area contributed by atoms with E-state index in [1.165, 1.54) is 12.0 Å². The highest BCUT2D eigenvalue weighted by atomic mass is 14.8. The molecule has 2 atom stereocenters. The van der Waals surface area contributed by atoms with E-state index >= 15 is 0 Å². The second-order valence-electron chi connectivity index (χ2n) is 4.12. The first kappa shape index (κ1) is 8.70. The Bertz CT molecular complexity index is 283. The minimum atomic E-state index is 0.386. The molecule has 0 aliphatic heterocycles. The van der Waals surface area contributed by atoms with E-state index in [0.29, 0.717) is 5.41 Å². The molecule has 70 valence electrons. The zero-order valence-electron chi connectivity index (χ0n) is 8.25. The molecular formula is C11H16N2. The molecule has 0 saturated heterocycles. The van der Waals surface area contributed by atoms with Crippen molar-refractivity contribution in [1.29, 1.82) is 0 Å². The summed E-state index contributed by atoms with van der Waals surface area (Å²) in [5.41, 5.74) is 1.77. The molecule has 2 unspecified atom stereocenters. The summed E-state index contributed by atoms with van der Waals surface area (Å²) in [6, 6.07) is 4.21. The van der Waals surface area contributed by atoms with Crippen molar-refractivity contribution >= 4 is 0 Å². The first-order valence-corrected chi connectivity index (χ1v) is 4.82. The number of hydrogen-bond acceptors (Lipinski definition) is 2. The molecule has 1 aromatic rings. The Morgan fingerprint density at radius 3 is 3.15 bits per heavy atom. The van der Waals surface area contributed by atoms with Crippen LogP contribution in [0.1, 0.15) is 18.9 Å². The molecule has 0 bridgehead atoms. The SMILES string of the molecule is CNCC1CC1(C)c1cccnc1. The lowest BCUT2D eigenvalue weighted by molar-refractivity contribution is 0.615. The predicted octanol–water partition coefficient (Wildman–Crippen LogP) is 1.58. The molecule has 1 heterocycles. The van der Waals surface area contributed by atoms with Gasteiger partial charge in [-0.3, -0.25) is 4.98 Å². The Kier molecular flexibility index (Phi) is 2.08. The molecule has 1 aliphatic carbocycles. The summed E-state index contributed by atoms with van der Waals surface area (Å²) in [7, 11) is 2.02. The van der Waals surface area contributed by atoms with Gasteiger partial charge in [0.2, 0.25) is 0 Å². The van der Waals surface area contributed by atoms with Gasteiger partial charge in [-0.2, -0.15) is 0 Å². The Labute approximate surface area is 79.4 Å². The minimum absolute atomic E-state index is 0.386. The molecule has 0 radical (unpaired) electrons. The number of nitrogens with one attached hydrogen (secondary N) is 1. The number of rotatable bonds is 3. The summed E-state index contributed by atoms with van der Waals surface area (Å²) in [5, 5.41) is 3.23. The maximum Gasteiger partial charge on any atom is 0.0305 e. The van der Waals surface area contributed by atoms with Crippen LogP contribution in [0, 0.1) is 5.92 Å². The van der Waals surface area contributed by atoms with Gasteiger partial charge >= 0.3 is 0 Å². The first-order valence-electron chi connectivity index (χ1n) is 4.82. The van der Waals surface area contributed by atoms with Crippen LogP contribution in [0.15, 0.2) is 24.5 Å². The molecule has 1 N–H and O–H groups in total. The van der Waals surface area contributed by atoms with E-state index in [2.05, 4.69) is 23.3 Å². The third-order valence-corrected chi connectivity index (χ3v) is 3.18. The van der Waals surface area contributed by atoms with E-state index < -0.39 is 0 Å². The van der Waals surface area contributed by atoms with Gasteiger partial charge in [0.15, 0.2) is 0 Å². The zero-order chi connectivity index (χ0) is 9.31. The van der Waals surface area contributed by atoms with E-state index in [1.807, 2.05) is 25.5 Å². The highest BCUT2D eigenvalue weighted by Gasteiger charge is 2.50. The van der Waals surface area contributed by atoms with Gasteiger partial charge < -0.3 is 5.32 Å². The minimum Gasteiger partial charge on any atom is -0.319 e. The van der Waals surface area contributed by atoms with Crippen molar-refractivity contribution in [3.8, 4) is 0 Å². The lowest BCUT2D eigenvalue weighted by Crippen LogP contribution is -2.15. The van der Waals surface area contributed by atoms with Crippen LogP contribution in [0.5, 0.6) is 0 Å². The normalized spacial score (nSPS) is 31.7. The number of pyridine rings is 1. The average Bonchev–Trinajstić information content (AvgIpc) is 2.81. The largest absolute Gasteiger partial charge is 0.319 e. The lowest BCUT2D eigenvalue weighted by atomic mass is 9.97. The summed E-state index contributed by atoms with van der Waals surface area (Å²) in [6.45, 7) is 3.44. The maximum absolute atomic E-state index is 4.17. The Balaban J connectivity index is 2.11. The zero-order valence-corrected chi connectivity index (χ0v) is 8.25. The van der Waals surface area contributed by atoms with Gasteiger partial charge in [-0.05, 0) is 43.0 Å². The Morgan fingerprint density at radius 2 is 2.54 bits per heavy atom. The molecule has 2 heteroatoms. The van der Waals surface area contributed by atoms with Crippen LogP contribution in [0.4, 0.5) is 0 Å². The fourth-order valence-electron chi connectivity index (χ4n) is 2.05. The van der Waals surface area contributed by atoms with Gasteiger partial charge in [-0.1, -0.05) is 13.0 Å². The highest BCUT2D eigenvalue weighted by molar-refractivity contribution is 5.30. The fourth-order valence-corrected chi connectivity index (χ4v) is 2.05. The molecule has 1 aliphatic rings. The van der Waals surface area contributed by atoms with Gasteiger partial charge in [0, 0.05) is 12.4 Å². The van der Waals surface area contributed by atoms with Crippen molar-refractivity contribution in [3.63, 3.8) is 0 Å². The third-order valence-electron chi connectivity index (χ3n) is 3.18. The number of hydrogen-bond donors (Lipinski definition) is 1. The third kappa shape index (κ3) is 1.46. The van der Waals surface area contributed by atoms with Gasteiger partial charge in [0.25, 0.3) is 0 Å². The lowest BCUT2D eigenvalue weighted by Gasteiger charge is -2.10. The van der Waals surface area contributed by atoms with Crippen molar-refractivity contribution in [2.24, 2.45) is 5.92 Å². The summed E-state index contributed by atoms with van der Waals surface area (Å²) in [4.78, 5) is 4.17. The standard InChI is InChI=1S/C11H16N2/c1-11(6-10(11)7-12-2)9-4-3-5-13-8-9/h3-5,8,10,12H,6-7H2,1-2H3. The van der Waals surface area contributed by atoms with E-state index in [0.717, 1.165) is 12.5 Å². The second kappa shape index (κ2) is 3.11. The van der Waals surface area contributed by atoms with Crippen molar-refractivity contribution in [2.75, 3.05) is 13.6 Å². The molecule has 0 amide bonds.